The monoisotopic (exact) mass is 130 g/mol. The zero-order valence-electron chi connectivity index (χ0n) is 5.96. The van der Waals surface area contributed by atoms with Crippen molar-refractivity contribution in [2.24, 2.45) is 5.41 Å². The molecule has 2 heteroatoms. The molecule has 0 saturated heterocycles. The molecule has 0 bridgehead atoms. The summed E-state index contributed by atoms with van der Waals surface area (Å²) in [7, 11) is 0. The van der Waals surface area contributed by atoms with Gasteiger partial charge in [0.1, 0.15) is 0 Å². The van der Waals surface area contributed by atoms with Crippen LogP contribution < -0.4 is 0 Å². The highest BCUT2D eigenvalue weighted by Gasteiger charge is 2.36. The summed E-state index contributed by atoms with van der Waals surface area (Å²) in [6, 6.07) is 0. The van der Waals surface area contributed by atoms with Gasteiger partial charge in [-0.1, -0.05) is 13.8 Å². The maximum absolute atomic E-state index is 9.08. The molecule has 54 valence electrons. The van der Waals surface area contributed by atoms with Crippen LogP contribution >= 0.6 is 0 Å². The van der Waals surface area contributed by atoms with Gasteiger partial charge in [0.15, 0.2) is 0 Å². The van der Waals surface area contributed by atoms with Gasteiger partial charge in [-0.05, 0) is 18.3 Å². The lowest BCUT2D eigenvalue weighted by atomic mass is 9.92. The maximum Gasteiger partial charge on any atom is 0.0804 e. The molecule has 0 amide bonds. The highest BCUT2D eigenvalue weighted by atomic mass is 16.3. The molecule has 2 nitrogen and oxygen atoms in total. The number of rotatable bonds is 0. The number of hydrogen-bond donors (Lipinski definition) is 2. The zero-order valence-corrected chi connectivity index (χ0v) is 5.96. The second-order valence-electron chi connectivity index (χ2n) is 3.71. The van der Waals surface area contributed by atoms with Gasteiger partial charge < -0.3 is 10.2 Å². The molecular weight excluding hydrogens is 116 g/mol. The van der Waals surface area contributed by atoms with Crippen molar-refractivity contribution in [3.05, 3.63) is 0 Å². The Bertz CT molecular complexity index is 97.5. The summed E-state index contributed by atoms with van der Waals surface area (Å²) in [4.78, 5) is 0. The fourth-order valence-electron chi connectivity index (χ4n) is 1.49. The SMILES string of the molecule is CC1(C)CC(O)C(O)C1. The molecule has 0 aromatic heterocycles. The fourth-order valence-corrected chi connectivity index (χ4v) is 1.49. The van der Waals surface area contributed by atoms with Crippen LogP contribution in [0.1, 0.15) is 26.7 Å². The third kappa shape index (κ3) is 1.43. The lowest BCUT2D eigenvalue weighted by Gasteiger charge is -2.14. The van der Waals surface area contributed by atoms with E-state index < -0.39 is 12.2 Å². The normalized spacial score (nSPS) is 41.3. The van der Waals surface area contributed by atoms with Crippen molar-refractivity contribution in [2.45, 2.75) is 38.9 Å². The van der Waals surface area contributed by atoms with Crippen LogP contribution in [0.5, 0.6) is 0 Å². The lowest BCUT2D eigenvalue weighted by molar-refractivity contribution is 0.0438. The van der Waals surface area contributed by atoms with Crippen molar-refractivity contribution in [1.29, 1.82) is 0 Å². The molecule has 0 aromatic carbocycles. The topological polar surface area (TPSA) is 40.5 Å². The quantitative estimate of drug-likeness (QED) is 0.502. The van der Waals surface area contributed by atoms with E-state index in [0.29, 0.717) is 0 Å². The maximum atomic E-state index is 9.08. The van der Waals surface area contributed by atoms with E-state index in [1.54, 1.807) is 0 Å². The third-order valence-corrected chi connectivity index (χ3v) is 1.97. The van der Waals surface area contributed by atoms with E-state index in [4.69, 9.17) is 10.2 Å². The molecule has 2 N–H and O–H groups in total. The molecule has 1 aliphatic rings. The van der Waals surface area contributed by atoms with Crippen LogP contribution in [-0.4, -0.2) is 22.4 Å². The van der Waals surface area contributed by atoms with Gasteiger partial charge in [-0.2, -0.15) is 0 Å². The summed E-state index contributed by atoms with van der Waals surface area (Å²) in [6.07, 6.45) is 0.488. The van der Waals surface area contributed by atoms with Crippen LogP contribution in [-0.2, 0) is 0 Å². The minimum atomic E-state index is -0.486. The van der Waals surface area contributed by atoms with Gasteiger partial charge in [0.2, 0.25) is 0 Å². The number of aliphatic hydroxyl groups excluding tert-OH is 2. The fraction of sp³-hybridized carbons (Fsp3) is 1.00. The molecule has 0 radical (unpaired) electrons. The van der Waals surface area contributed by atoms with Crippen LogP contribution in [0, 0.1) is 5.41 Å². The Morgan fingerprint density at radius 2 is 1.44 bits per heavy atom. The summed E-state index contributed by atoms with van der Waals surface area (Å²) in [5.41, 5.74) is 0.138. The van der Waals surface area contributed by atoms with Gasteiger partial charge in [-0.15, -0.1) is 0 Å². The summed E-state index contributed by atoms with van der Waals surface area (Å²) in [5.74, 6) is 0. The molecule has 1 rings (SSSR count). The van der Waals surface area contributed by atoms with E-state index in [-0.39, 0.29) is 5.41 Å². The van der Waals surface area contributed by atoms with Crippen LogP contribution in [0.25, 0.3) is 0 Å². The van der Waals surface area contributed by atoms with Crippen LogP contribution in [0.15, 0.2) is 0 Å². The summed E-state index contributed by atoms with van der Waals surface area (Å²) < 4.78 is 0. The highest BCUT2D eigenvalue weighted by Crippen LogP contribution is 2.36. The predicted octanol–water partition coefficient (Wildman–Crippen LogP) is 0.528. The Morgan fingerprint density at radius 1 is 1.11 bits per heavy atom. The smallest absolute Gasteiger partial charge is 0.0804 e. The van der Waals surface area contributed by atoms with Crippen molar-refractivity contribution >= 4 is 0 Å². The molecule has 1 saturated carbocycles. The van der Waals surface area contributed by atoms with E-state index in [1.165, 1.54) is 0 Å². The van der Waals surface area contributed by atoms with Crippen molar-refractivity contribution in [3.8, 4) is 0 Å². The highest BCUT2D eigenvalue weighted by molar-refractivity contribution is 4.88. The van der Waals surface area contributed by atoms with Gasteiger partial charge in [0.05, 0.1) is 12.2 Å². The van der Waals surface area contributed by atoms with Gasteiger partial charge in [0.25, 0.3) is 0 Å². The van der Waals surface area contributed by atoms with Gasteiger partial charge in [-0.3, -0.25) is 0 Å². The molecule has 0 heterocycles. The molecule has 1 fully saturated rings. The minimum Gasteiger partial charge on any atom is -0.390 e. The van der Waals surface area contributed by atoms with Crippen molar-refractivity contribution in [3.63, 3.8) is 0 Å². The molecule has 0 spiro atoms. The minimum absolute atomic E-state index is 0.138. The average Bonchev–Trinajstić information content (AvgIpc) is 1.79. The predicted molar refractivity (Wildman–Crippen MR) is 35.0 cm³/mol. The van der Waals surface area contributed by atoms with Crippen molar-refractivity contribution < 1.29 is 10.2 Å². The van der Waals surface area contributed by atoms with E-state index in [1.807, 2.05) is 0 Å². The Morgan fingerprint density at radius 3 is 1.56 bits per heavy atom. The van der Waals surface area contributed by atoms with E-state index >= 15 is 0 Å². The molecule has 1 aliphatic carbocycles. The molecular formula is C7H14O2. The standard InChI is InChI=1S/C7H14O2/c1-7(2)3-5(8)6(9)4-7/h5-6,8-9H,3-4H2,1-2H3. The second kappa shape index (κ2) is 1.96. The van der Waals surface area contributed by atoms with Gasteiger partial charge >= 0.3 is 0 Å². The van der Waals surface area contributed by atoms with E-state index in [0.717, 1.165) is 12.8 Å². The summed E-state index contributed by atoms with van der Waals surface area (Å²) in [5, 5.41) is 18.2. The lowest BCUT2D eigenvalue weighted by Crippen LogP contribution is -2.17. The molecule has 9 heavy (non-hydrogen) atoms. The third-order valence-electron chi connectivity index (χ3n) is 1.97. The molecule has 0 aromatic rings. The average molecular weight is 130 g/mol. The first-order valence-corrected chi connectivity index (χ1v) is 3.37. The first kappa shape index (κ1) is 7.03. The second-order valence-corrected chi connectivity index (χ2v) is 3.71. The molecule has 2 atom stereocenters. The molecule has 0 aliphatic heterocycles. The summed E-state index contributed by atoms with van der Waals surface area (Å²) >= 11 is 0. The zero-order chi connectivity index (χ0) is 7.07. The van der Waals surface area contributed by atoms with Crippen molar-refractivity contribution in [1.82, 2.24) is 0 Å². The Labute approximate surface area is 55.5 Å². The first-order chi connectivity index (χ1) is 4.01. The van der Waals surface area contributed by atoms with Crippen LogP contribution in [0.4, 0.5) is 0 Å². The van der Waals surface area contributed by atoms with E-state index in [9.17, 15) is 0 Å². The van der Waals surface area contributed by atoms with Crippen LogP contribution in [0.3, 0.4) is 0 Å². The van der Waals surface area contributed by atoms with Gasteiger partial charge in [0, 0.05) is 0 Å². The number of hydrogen-bond acceptors (Lipinski definition) is 2. The summed E-state index contributed by atoms with van der Waals surface area (Å²) in [6.45, 7) is 4.12. The van der Waals surface area contributed by atoms with Gasteiger partial charge in [-0.25, -0.2) is 0 Å². The van der Waals surface area contributed by atoms with E-state index in [2.05, 4.69) is 13.8 Å². The largest absolute Gasteiger partial charge is 0.390 e. The Balaban J connectivity index is 2.54. The number of aliphatic hydroxyl groups is 2. The van der Waals surface area contributed by atoms with Crippen LogP contribution in [0.2, 0.25) is 0 Å². The van der Waals surface area contributed by atoms with Crippen molar-refractivity contribution in [2.75, 3.05) is 0 Å². The Hall–Kier alpha value is -0.0800. The first-order valence-electron chi connectivity index (χ1n) is 3.37. The molecule has 2 unspecified atom stereocenters. The Kier molecular flexibility index (Phi) is 1.53.